The monoisotopic (exact) mass is 286 g/mol. The van der Waals surface area contributed by atoms with E-state index in [9.17, 15) is 9.59 Å². The average Bonchev–Trinajstić information content (AvgIpc) is 2.27. The van der Waals surface area contributed by atoms with Gasteiger partial charge in [-0.3, -0.25) is 4.79 Å². The largest absolute Gasteiger partial charge is 0.444 e. The molecule has 0 rings (SSSR count). The maximum atomic E-state index is 12.1. The van der Waals surface area contributed by atoms with Gasteiger partial charge in [-0.2, -0.15) is 0 Å². The van der Waals surface area contributed by atoms with Crippen LogP contribution in [-0.2, 0) is 9.53 Å². The minimum atomic E-state index is -0.513. The summed E-state index contributed by atoms with van der Waals surface area (Å²) in [6, 6.07) is -0.145. The highest BCUT2D eigenvalue weighted by Gasteiger charge is 2.22. The van der Waals surface area contributed by atoms with Gasteiger partial charge in [-0.1, -0.05) is 13.8 Å². The lowest BCUT2D eigenvalue weighted by Crippen LogP contribution is -2.45. The number of hydrogen-bond acceptors (Lipinski definition) is 3. The second-order valence-electron chi connectivity index (χ2n) is 6.28. The summed E-state index contributed by atoms with van der Waals surface area (Å²) in [6.07, 6.45) is 1.23. The number of nitrogens with zero attached hydrogens (tertiary/aromatic N) is 1. The maximum absolute atomic E-state index is 12.1. The Bertz CT molecular complexity index is 320. The molecule has 0 spiro atoms. The van der Waals surface area contributed by atoms with Crippen molar-refractivity contribution in [1.29, 1.82) is 0 Å². The van der Waals surface area contributed by atoms with Crippen molar-refractivity contribution in [3.05, 3.63) is 0 Å². The van der Waals surface area contributed by atoms with Crippen LogP contribution in [0.5, 0.6) is 0 Å². The van der Waals surface area contributed by atoms with Crippen molar-refractivity contribution < 1.29 is 14.3 Å². The fourth-order valence-corrected chi connectivity index (χ4v) is 2.00. The van der Waals surface area contributed by atoms with E-state index in [1.807, 2.05) is 41.5 Å². The van der Waals surface area contributed by atoms with Crippen LogP contribution in [0.1, 0.15) is 54.4 Å². The van der Waals surface area contributed by atoms with E-state index >= 15 is 0 Å². The van der Waals surface area contributed by atoms with E-state index in [2.05, 4.69) is 5.32 Å². The first-order valence-electron chi connectivity index (χ1n) is 7.35. The molecule has 0 aliphatic carbocycles. The lowest BCUT2D eigenvalue weighted by molar-refractivity contribution is -0.134. The zero-order valence-electron chi connectivity index (χ0n) is 13.9. The van der Waals surface area contributed by atoms with Crippen molar-refractivity contribution in [3.8, 4) is 0 Å². The van der Waals surface area contributed by atoms with Crippen molar-refractivity contribution in [2.45, 2.75) is 66.0 Å². The van der Waals surface area contributed by atoms with Crippen molar-refractivity contribution >= 4 is 12.0 Å². The van der Waals surface area contributed by atoms with Gasteiger partial charge in [0.2, 0.25) is 5.91 Å². The van der Waals surface area contributed by atoms with Crippen LogP contribution < -0.4 is 5.32 Å². The van der Waals surface area contributed by atoms with Crippen molar-refractivity contribution in [2.24, 2.45) is 5.92 Å². The zero-order chi connectivity index (χ0) is 15.9. The van der Waals surface area contributed by atoms with Crippen molar-refractivity contribution in [2.75, 3.05) is 13.6 Å². The lowest BCUT2D eigenvalue weighted by Gasteiger charge is -2.27. The fraction of sp³-hybridized carbons (Fsp3) is 0.867. The Morgan fingerprint density at radius 1 is 1.20 bits per heavy atom. The summed E-state index contributed by atoms with van der Waals surface area (Å²) >= 11 is 0. The maximum Gasteiger partial charge on any atom is 0.407 e. The van der Waals surface area contributed by atoms with Crippen LogP contribution in [0.4, 0.5) is 4.79 Å². The van der Waals surface area contributed by atoms with Gasteiger partial charge in [0.05, 0.1) is 0 Å². The number of amides is 2. The molecule has 2 amide bonds. The highest BCUT2D eigenvalue weighted by molar-refractivity contribution is 5.78. The Labute approximate surface area is 123 Å². The summed E-state index contributed by atoms with van der Waals surface area (Å²) < 4.78 is 5.19. The zero-order valence-corrected chi connectivity index (χ0v) is 13.9. The summed E-state index contributed by atoms with van der Waals surface area (Å²) in [4.78, 5) is 25.4. The molecular weight excluding hydrogens is 256 g/mol. The Morgan fingerprint density at radius 3 is 2.10 bits per heavy atom. The molecule has 0 bridgehead atoms. The molecule has 0 heterocycles. The third-order valence-corrected chi connectivity index (χ3v) is 3.02. The molecule has 0 saturated carbocycles. The van der Waals surface area contributed by atoms with Gasteiger partial charge in [-0.15, -0.1) is 0 Å². The quantitative estimate of drug-likeness (QED) is 0.817. The van der Waals surface area contributed by atoms with Gasteiger partial charge in [0.15, 0.2) is 0 Å². The van der Waals surface area contributed by atoms with Crippen LogP contribution in [0.15, 0.2) is 0 Å². The Hall–Kier alpha value is -1.26. The van der Waals surface area contributed by atoms with Crippen LogP contribution in [-0.4, -0.2) is 42.1 Å². The van der Waals surface area contributed by atoms with Crippen molar-refractivity contribution in [3.63, 3.8) is 0 Å². The summed E-state index contributed by atoms with van der Waals surface area (Å²) in [6.45, 7) is 11.8. The van der Waals surface area contributed by atoms with E-state index in [0.717, 1.165) is 12.8 Å². The van der Waals surface area contributed by atoms with Gasteiger partial charge >= 0.3 is 6.09 Å². The molecule has 118 valence electrons. The summed E-state index contributed by atoms with van der Waals surface area (Å²) in [7, 11) is 1.77. The predicted octanol–water partition coefficient (Wildman–Crippen LogP) is 2.79. The normalized spacial score (nSPS) is 13.0. The Kier molecular flexibility index (Phi) is 7.61. The number of alkyl carbamates (subject to hydrolysis) is 1. The second kappa shape index (κ2) is 8.12. The third-order valence-electron chi connectivity index (χ3n) is 3.02. The summed E-state index contributed by atoms with van der Waals surface area (Å²) in [5.41, 5.74) is -0.513. The number of likely N-dealkylation sites (N-methyl/N-ethyl adjacent to an activating group) is 1. The Balaban J connectivity index is 4.29. The van der Waals surface area contributed by atoms with E-state index in [4.69, 9.17) is 4.74 Å². The smallest absolute Gasteiger partial charge is 0.407 e. The molecule has 0 aromatic carbocycles. The number of carbonyl (C=O) groups excluding carboxylic acids is 2. The average molecular weight is 286 g/mol. The van der Waals surface area contributed by atoms with Gasteiger partial charge in [0.1, 0.15) is 5.60 Å². The Morgan fingerprint density at radius 2 is 1.70 bits per heavy atom. The standard InChI is InChI=1S/C15H30N2O3/c1-8-12(9-2)13(18)17(7)10-11(3)16-14(19)20-15(4,5)6/h11-12H,8-10H2,1-7H3,(H,16,19)/t11-/m0/s1. The molecular formula is C15H30N2O3. The van der Waals surface area contributed by atoms with E-state index in [0.29, 0.717) is 6.54 Å². The molecule has 0 aliphatic heterocycles. The van der Waals surface area contributed by atoms with Gasteiger partial charge in [0, 0.05) is 25.6 Å². The van der Waals surface area contributed by atoms with Crippen LogP contribution in [0.3, 0.4) is 0 Å². The first-order valence-corrected chi connectivity index (χ1v) is 7.35. The minimum Gasteiger partial charge on any atom is -0.444 e. The topological polar surface area (TPSA) is 58.6 Å². The second-order valence-corrected chi connectivity index (χ2v) is 6.28. The van der Waals surface area contributed by atoms with E-state index in [-0.39, 0.29) is 17.9 Å². The first kappa shape index (κ1) is 18.7. The highest BCUT2D eigenvalue weighted by Crippen LogP contribution is 2.11. The van der Waals surface area contributed by atoms with E-state index in [1.54, 1.807) is 11.9 Å². The van der Waals surface area contributed by atoms with Crippen LogP contribution >= 0.6 is 0 Å². The van der Waals surface area contributed by atoms with Gasteiger partial charge in [-0.25, -0.2) is 4.79 Å². The van der Waals surface area contributed by atoms with Gasteiger partial charge < -0.3 is 15.0 Å². The number of carbonyl (C=O) groups is 2. The summed E-state index contributed by atoms with van der Waals surface area (Å²) in [5, 5.41) is 2.74. The molecule has 0 fully saturated rings. The molecule has 0 aliphatic rings. The molecule has 0 unspecified atom stereocenters. The van der Waals surface area contributed by atoms with Crippen molar-refractivity contribution in [1.82, 2.24) is 10.2 Å². The third kappa shape index (κ3) is 7.36. The SMILES string of the molecule is CCC(CC)C(=O)N(C)C[C@H](C)NC(=O)OC(C)(C)C. The number of ether oxygens (including phenoxy) is 1. The number of rotatable bonds is 6. The van der Waals surface area contributed by atoms with Crippen LogP contribution in [0, 0.1) is 5.92 Å². The lowest BCUT2D eigenvalue weighted by atomic mass is 10.0. The predicted molar refractivity (Wildman–Crippen MR) is 80.5 cm³/mol. The molecule has 0 radical (unpaired) electrons. The molecule has 1 atom stereocenters. The number of nitrogens with one attached hydrogen (secondary N) is 1. The molecule has 1 N–H and O–H groups in total. The molecule has 5 heteroatoms. The van der Waals surface area contributed by atoms with Crippen LogP contribution in [0.2, 0.25) is 0 Å². The minimum absolute atomic E-state index is 0.0636. The molecule has 5 nitrogen and oxygen atoms in total. The summed E-state index contributed by atoms with van der Waals surface area (Å²) in [5.74, 6) is 0.196. The fourth-order valence-electron chi connectivity index (χ4n) is 2.00. The molecule has 20 heavy (non-hydrogen) atoms. The molecule has 0 saturated heterocycles. The number of hydrogen-bond donors (Lipinski definition) is 1. The van der Waals surface area contributed by atoms with Crippen LogP contribution in [0.25, 0.3) is 0 Å². The highest BCUT2D eigenvalue weighted by atomic mass is 16.6. The first-order chi connectivity index (χ1) is 9.10. The van der Waals surface area contributed by atoms with E-state index < -0.39 is 11.7 Å². The molecule has 0 aromatic rings. The molecule has 0 aromatic heterocycles. The van der Waals surface area contributed by atoms with E-state index in [1.165, 1.54) is 0 Å². The van der Waals surface area contributed by atoms with Gasteiger partial charge in [-0.05, 0) is 40.5 Å². The van der Waals surface area contributed by atoms with Gasteiger partial charge in [0.25, 0.3) is 0 Å².